The Hall–Kier alpha value is -1.62. The molecule has 0 aliphatic heterocycles. The van der Waals surface area contributed by atoms with Gasteiger partial charge in [-0.15, -0.1) is 11.3 Å². The van der Waals surface area contributed by atoms with E-state index in [0.29, 0.717) is 11.7 Å². The van der Waals surface area contributed by atoms with Crippen LogP contribution in [0.5, 0.6) is 0 Å². The van der Waals surface area contributed by atoms with Crippen LogP contribution in [0.2, 0.25) is 0 Å². The van der Waals surface area contributed by atoms with E-state index in [1.54, 1.807) is 11.3 Å². The second-order valence-corrected chi connectivity index (χ2v) is 5.93. The summed E-state index contributed by atoms with van der Waals surface area (Å²) in [5.41, 5.74) is 7.01. The van der Waals surface area contributed by atoms with E-state index in [9.17, 15) is 0 Å². The number of nitrogen functional groups attached to an aromatic ring is 1. The van der Waals surface area contributed by atoms with Gasteiger partial charge in [0.25, 0.3) is 0 Å². The molecule has 0 saturated carbocycles. The third kappa shape index (κ3) is 3.23. The highest BCUT2D eigenvalue weighted by molar-refractivity contribution is 7.09. The first kappa shape index (κ1) is 13.8. The minimum absolute atomic E-state index is 0.320. The van der Waals surface area contributed by atoms with E-state index >= 15 is 0 Å². The van der Waals surface area contributed by atoms with Crippen molar-refractivity contribution in [3.8, 4) is 0 Å². The average Bonchev–Trinajstić information content (AvgIpc) is 2.88. The second kappa shape index (κ2) is 6.02. The SMILES string of the molecule is CC(C)c1c(N)ncnc1N(C)CCc1cccs1. The van der Waals surface area contributed by atoms with Crippen molar-refractivity contribution >= 4 is 23.0 Å². The number of likely N-dealkylation sites (N-methyl/N-ethyl adjacent to an activating group) is 1. The van der Waals surface area contributed by atoms with Gasteiger partial charge in [0.1, 0.15) is 18.0 Å². The molecule has 2 aromatic heterocycles. The fraction of sp³-hybridized carbons (Fsp3) is 0.429. The van der Waals surface area contributed by atoms with Gasteiger partial charge < -0.3 is 10.6 Å². The second-order valence-electron chi connectivity index (χ2n) is 4.90. The quantitative estimate of drug-likeness (QED) is 0.912. The van der Waals surface area contributed by atoms with Gasteiger partial charge in [-0.25, -0.2) is 9.97 Å². The molecule has 0 aliphatic carbocycles. The molecular weight excluding hydrogens is 256 g/mol. The number of hydrogen-bond acceptors (Lipinski definition) is 5. The lowest BCUT2D eigenvalue weighted by Crippen LogP contribution is -2.23. The summed E-state index contributed by atoms with van der Waals surface area (Å²) < 4.78 is 0. The van der Waals surface area contributed by atoms with Gasteiger partial charge in [-0.3, -0.25) is 0 Å². The topological polar surface area (TPSA) is 55.0 Å². The van der Waals surface area contributed by atoms with Crippen LogP contribution in [0.15, 0.2) is 23.8 Å². The Morgan fingerprint density at radius 3 is 2.79 bits per heavy atom. The van der Waals surface area contributed by atoms with Crippen LogP contribution in [-0.2, 0) is 6.42 Å². The monoisotopic (exact) mass is 276 g/mol. The van der Waals surface area contributed by atoms with Crippen LogP contribution in [0.3, 0.4) is 0 Å². The minimum atomic E-state index is 0.320. The molecule has 0 atom stereocenters. The van der Waals surface area contributed by atoms with Gasteiger partial charge in [0.15, 0.2) is 0 Å². The zero-order chi connectivity index (χ0) is 13.8. The highest BCUT2D eigenvalue weighted by atomic mass is 32.1. The average molecular weight is 276 g/mol. The van der Waals surface area contributed by atoms with E-state index in [2.05, 4.69) is 53.3 Å². The highest BCUT2D eigenvalue weighted by Crippen LogP contribution is 2.28. The molecule has 0 aromatic carbocycles. The zero-order valence-corrected chi connectivity index (χ0v) is 12.4. The predicted molar refractivity (Wildman–Crippen MR) is 81.8 cm³/mol. The first-order valence-electron chi connectivity index (χ1n) is 6.43. The molecule has 0 fully saturated rings. The summed E-state index contributed by atoms with van der Waals surface area (Å²) in [4.78, 5) is 12.0. The van der Waals surface area contributed by atoms with Crippen molar-refractivity contribution < 1.29 is 0 Å². The van der Waals surface area contributed by atoms with Gasteiger partial charge in [0, 0.05) is 24.0 Å². The molecule has 5 heteroatoms. The molecule has 0 unspecified atom stereocenters. The van der Waals surface area contributed by atoms with Crippen LogP contribution in [-0.4, -0.2) is 23.6 Å². The van der Waals surface area contributed by atoms with E-state index in [-0.39, 0.29) is 0 Å². The van der Waals surface area contributed by atoms with E-state index in [4.69, 9.17) is 5.73 Å². The van der Waals surface area contributed by atoms with Gasteiger partial charge in [0.05, 0.1) is 0 Å². The molecule has 4 nitrogen and oxygen atoms in total. The maximum atomic E-state index is 5.98. The smallest absolute Gasteiger partial charge is 0.137 e. The molecule has 102 valence electrons. The lowest BCUT2D eigenvalue weighted by atomic mass is 10.0. The number of aromatic nitrogens is 2. The number of thiophene rings is 1. The molecule has 0 aliphatic rings. The molecule has 2 aromatic rings. The molecule has 2 N–H and O–H groups in total. The van der Waals surface area contributed by atoms with Crippen molar-refractivity contribution in [1.29, 1.82) is 0 Å². The molecular formula is C14H20N4S. The number of anilines is 2. The van der Waals surface area contributed by atoms with E-state index in [1.807, 2.05) is 0 Å². The third-order valence-corrected chi connectivity index (χ3v) is 4.04. The van der Waals surface area contributed by atoms with Gasteiger partial charge in [-0.2, -0.15) is 0 Å². The van der Waals surface area contributed by atoms with Crippen molar-refractivity contribution in [3.63, 3.8) is 0 Å². The van der Waals surface area contributed by atoms with Crippen LogP contribution in [0, 0.1) is 0 Å². The summed E-state index contributed by atoms with van der Waals surface area (Å²) in [6, 6.07) is 4.25. The molecule has 0 bridgehead atoms. The standard InChI is InChI=1S/C14H20N4S/c1-10(2)12-13(15)16-9-17-14(12)18(3)7-6-11-5-4-8-19-11/h4-5,8-10H,6-7H2,1-3H3,(H2,15,16,17). The van der Waals surface area contributed by atoms with Gasteiger partial charge in [0.2, 0.25) is 0 Å². The Morgan fingerprint density at radius 2 is 2.16 bits per heavy atom. The minimum Gasteiger partial charge on any atom is -0.383 e. The summed E-state index contributed by atoms with van der Waals surface area (Å²) in [6.07, 6.45) is 2.56. The lowest BCUT2D eigenvalue weighted by Gasteiger charge is -2.23. The molecule has 19 heavy (non-hydrogen) atoms. The largest absolute Gasteiger partial charge is 0.383 e. The Labute approximate surface area is 118 Å². The first-order chi connectivity index (χ1) is 9.09. The summed E-state index contributed by atoms with van der Waals surface area (Å²) in [5.74, 6) is 1.85. The molecule has 0 saturated heterocycles. The molecule has 0 spiro atoms. The van der Waals surface area contributed by atoms with E-state index < -0.39 is 0 Å². The Morgan fingerprint density at radius 1 is 1.37 bits per heavy atom. The summed E-state index contributed by atoms with van der Waals surface area (Å²) in [6.45, 7) is 5.16. The maximum absolute atomic E-state index is 5.98. The van der Waals surface area contributed by atoms with Crippen LogP contribution in [0.1, 0.15) is 30.2 Å². The normalized spacial score (nSPS) is 10.9. The highest BCUT2D eigenvalue weighted by Gasteiger charge is 2.16. The summed E-state index contributed by atoms with van der Waals surface area (Å²) >= 11 is 1.79. The zero-order valence-electron chi connectivity index (χ0n) is 11.6. The number of hydrogen-bond donors (Lipinski definition) is 1. The van der Waals surface area contributed by atoms with Crippen LogP contribution in [0.25, 0.3) is 0 Å². The predicted octanol–water partition coefficient (Wildman–Crippen LogP) is 2.92. The van der Waals surface area contributed by atoms with Gasteiger partial charge in [-0.05, 0) is 23.8 Å². The number of rotatable bonds is 5. The van der Waals surface area contributed by atoms with Crippen molar-refractivity contribution in [2.24, 2.45) is 0 Å². The van der Waals surface area contributed by atoms with Crippen molar-refractivity contribution in [3.05, 3.63) is 34.3 Å². The van der Waals surface area contributed by atoms with Gasteiger partial charge >= 0.3 is 0 Å². The first-order valence-corrected chi connectivity index (χ1v) is 7.31. The van der Waals surface area contributed by atoms with Crippen LogP contribution < -0.4 is 10.6 Å². The Kier molecular flexibility index (Phi) is 4.37. The molecule has 0 amide bonds. The summed E-state index contributed by atoms with van der Waals surface area (Å²) in [5, 5.41) is 2.11. The third-order valence-electron chi connectivity index (χ3n) is 3.11. The van der Waals surface area contributed by atoms with E-state index in [0.717, 1.165) is 24.3 Å². The van der Waals surface area contributed by atoms with Crippen molar-refractivity contribution in [1.82, 2.24) is 9.97 Å². The van der Waals surface area contributed by atoms with Crippen LogP contribution in [0.4, 0.5) is 11.6 Å². The van der Waals surface area contributed by atoms with E-state index in [1.165, 1.54) is 11.2 Å². The molecule has 2 rings (SSSR count). The fourth-order valence-electron chi connectivity index (χ4n) is 2.10. The Bertz CT molecular complexity index is 522. The fourth-order valence-corrected chi connectivity index (χ4v) is 2.79. The van der Waals surface area contributed by atoms with Gasteiger partial charge in [-0.1, -0.05) is 19.9 Å². The van der Waals surface area contributed by atoms with Crippen molar-refractivity contribution in [2.75, 3.05) is 24.2 Å². The number of nitrogens with zero attached hydrogens (tertiary/aromatic N) is 3. The number of nitrogens with two attached hydrogens (primary N) is 1. The molecule has 2 heterocycles. The molecule has 0 radical (unpaired) electrons. The summed E-state index contributed by atoms with van der Waals surface area (Å²) in [7, 11) is 2.06. The van der Waals surface area contributed by atoms with Crippen LogP contribution >= 0.6 is 11.3 Å². The lowest BCUT2D eigenvalue weighted by molar-refractivity contribution is 0.806. The van der Waals surface area contributed by atoms with Crippen molar-refractivity contribution in [2.45, 2.75) is 26.2 Å². The maximum Gasteiger partial charge on any atom is 0.137 e. The Balaban J connectivity index is 2.14.